The maximum Gasteiger partial charge on any atom is 0.336 e. The smallest absolute Gasteiger partial charge is 0.336 e. The molecule has 0 heterocycles. The number of rotatable bonds is 2. The molecule has 0 fully saturated rings. The first-order valence-electron chi connectivity index (χ1n) is 5.22. The molecular weight excluding hydrogens is 216 g/mol. The van der Waals surface area contributed by atoms with Crippen LogP contribution >= 0.6 is 0 Å². The number of aromatic hydroxyl groups is 1. The molecule has 2 aromatic carbocycles. The van der Waals surface area contributed by atoms with Gasteiger partial charge in [0.15, 0.2) is 0 Å². The third-order valence-electron chi connectivity index (χ3n) is 2.64. The van der Waals surface area contributed by atoms with E-state index in [1.807, 2.05) is 0 Å². The van der Waals surface area contributed by atoms with E-state index in [0.717, 1.165) is 0 Å². The van der Waals surface area contributed by atoms with Crippen LogP contribution in [0.2, 0.25) is 0 Å². The molecule has 17 heavy (non-hydrogen) atoms. The summed E-state index contributed by atoms with van der Waals surface area (Å²) in [7, 11) is 0. The van der Waals surface area contributed by atoms with Crippen LogP contribution in [0.15, 0.2) is 42.5 Å². The molecule has 0 saturated carbocycles. The maximum absolute atomic E-state index is 11.2. The fourth-order valence-corrected chi connectivity index (χ4v) is 1.87. The van der Waals surface area contributed by atoms with Gasteiger partial charge in [-0.15, -0.1) is 0 Å². The van der Waals surface area contributed by atoms with Crippen LogP contribution in [0.4, 0.5) is 0 Å². The minimum absolute atomic E-state index is 0.125. The van der Waals surface area contributed by atoms with Crippen molar-refractivity contribution in [2.24, 2.45) is 0 Å². The van der Waals surface area contributed by atoms with Gasteiger partial charge in [0.05, 0.1) is 5.56 Å². The van der Waals surface area contributed by atoms with Crippen LogP contribution in [0.3, 0.4) is 0 Å². The second kappa shape index (κ2) is 4.29. The van der Waals surface area contributed by atoms with Crippen molar-refractivity contribution < 1.29 is 15.0 Å². The van der Waals surface area contributed by atoms with E-state index < -0.39 is 5.97 Å². The first kappa shape index (κ1) is 11.2. The van der Waals surface area contributed by atoms with E-state index >= 15 is 0 Å². The summed E-state index contributed by atoms with van der Waals surface area (Å²) in [6, 6.07) is 11.9. The molecule has 0 aliphatic heterocycles. The molecule has 3 nitrogen and oxygen atoms in total. The molecule has 0 aliphatic carbocycles. The molecule has 2 N–H and O–H groups in total. The highest BCUT2D eigenvalue weighted by atomic mass is 16.4. The van der Waals surface area contributed by atoms with E-state index in [9.17, 15) is 15.0 Å². The second-order valence-corrected chi connectivity index (χ2v) is 3.85. The Morgan fingerprint density at radius 3 is 2.47 bits per heavy atom. The van der Waals surface area contributed by atoms with Crippen molar-refractivity contribution in [1.29, 1.82) is 0 Å². The van der Waals surface area contributed by atoms with Crippen molar-refractivity contribution in [3.8, 4) is 16.9 Å². The Labute approximate surface area is 99.0 Å². The summed E-state index contributed by atoms with van der Waals surface area (Å²) in [5.74, 6) is -0.832. The molecule has 3 heteroatoms. The van der Waals surface area contributed by atoms with E-state index in [1.54, 1.807) is 49.4 Å². The van der Waals surface area contributed by atoms with Gasteiger partial charge in [-0.25, -0.2) is 4.79 Å². The van der Waals surface area contributed by atoms with Crippen molar-refractivity contribution in [2.45, 2.75) is 6.92 Å². The van der Waals surface area contributed by atoms with Gasteiger partial charge in [0.2, 0.25) is 0 Å². The molecule has 0 bridgehead atoms. The summed E-state index contributed by atoms with van der Waals surface area (Å²) in [4.78, 5) is 11.2. The molecule has 0 amide bonds. The van der Waals surface area contributed by atoms with E-state index in [-0.39, 0.29) is 11.3 Å². The molecule has 0 aromatic heterocycles. The lowest BCUT2D eigenvalue weighted by Gasteiger charge is -2.09. The first-order valence-corrected chi connectivity index (χ1v) is 5.22. The van der Waals surface area contributed by atoms with Crippen LogP contribution in [0.5, 0.6) is 5.75 Å². The molecule has 2 rings (SSSR count). The molecular formula is C14H12O3. The van der Waals surface area contributed by atoms with E-state index in [2.05, 4.69) is 0 Å². The van der Waals surface area contributed by atoms with Gasteiger partial charge < -0.3 is 10.2 Å². The van der Waals surface area contributed by atoms with Gasteiger partial charge in [0, 0.05) is 0 Å². The zero-order valence-electron chi connectivity index (χ0n) is 9.34. The van der Waals surface area contributed by atoms with E-state index in [4.69, 9.17) is 0 Å². The largest absolute Gasteiger partial charge is 0.508 e. The first-order chi connectivity index (χ1) is 8.09. The van der Waals surface area contributed by atoms with Gasteiger partial charge in [0.25, 0.3) is 0 Å². The number of aromatic carboxylic acids is 1. The van der Waals surface area contributed by atoms with Crippen molar-refractivity contribution in [3.05, 3.63) is 53.6 Å². The molecule has 0 spiro atoms. The van der Waals surface area contributed by atoms with Gasteiger partial charge >= 0.3 is 5.97 Å². The van der Waals surface area contributed by atoms with Crippen molar-refractivity contribution in [3.63, 3.8) is 0 Å². The fourth-order valence-electron chi connectivity index (χ4n) is 1.87. The van der Waals surface area contributed by atoms with Gasteiger partial charge in [0.1, 0.15) is 5.75 Å². The highest BCUT2D eigenvalue weighted by Crippen LogP contribution is 2.28. The molecule has 0 unspecified atom stereocenters. The van der Waals surface area contributed by atoms with Crippen LogP contribution in [0.25, 0.3) is 11.1 Å². The number of carboxylic acid groups (broad SMARTS) is 1. The average molecular weight is 228 g/mol. The SMILES string of the molecule is Cc1cccc(-c2cccc(O)c2)c1C(=O)O. The summed E-state index contributed by atoms with van der Waals surface area (Å²) in [6.45, 7) is 1.76. The Morgan fingerprint density at radius 2 is 1.82 bits per heavy atom. The van der Waals surface area contributed by atoms with Crippen molar-refractivity contribution in [2.75, 3.05) is 0 Å². The fraction of sp³-hybridized carbons (Fsp3) is 0.0714. The van der Waals surface area contributed by atoms with Gasteiger partial charge in [-0.05, 0) is 35.7 Å². The van der Waals surface area contributed by atoms with Crippen LogP contribution in [-0.4, -0.2) is 16.2 Å². The number of carboxylic acids is 1. The highest BCUT2D eigenvalue weighted by molar-refractivity contribution is 5.97. The second-order valence-electron chi connectivity index (χ2n) is 3.85. The monoisotopic (exact) mass is 228 g/mol. The summed E-state index contributed by atoms with van der Waals surface area (Å²) in [5.41, 5.74) is 2.30. The molecule has 0 aliphatic rings. The molecule has 0 radical (unpaired) electrons. The zero-order chi connectivity index (χ0) is 12.4. The summed E-state index contributed by atoms with van der Waals surface area (Å²) in [6.07, 6.45) is 0. The number of carbonyl (C=O) groups is 1. The number of phenols is 1. The van der Waals surface area contributed by atoms with Crippen LogP contribution < -0.4 is 0 Å². The topological polar surface area (TPSA) is 57.5 Å². The molecule has 0 saturated heterocycles. The minimum Gasteiger partial charge on any atom is -0.508 e. The summed E-state index contributed by atoms with van der Waals surface area (Å²) < 4.78 is 0. The third kappa shape index (κ3) is 2.13. The standard InChI is InChI=1S/C14H12O3/c1-9-4-2-7-12(13(9)14(16)17)10-5-3-6-11(15)8-10/h2-8,15H,1H3,(H,16,17). The molecule has 2 aromatic rings. The average Bonchev–Trinajstić information content (AvgIpc) is 2.28. The van der Waals surface area contributed by atoms with Gasteiger partial charge in [-0.1, -0.05) is 30.3 Å². The number of hydrogen-bond acceptors (Lipinski definition) is 2. The van der Waals surface area contributed by atoms with Crippen molar-refractivity contribution >= 4 is 5.97 Å². The highest BCUT2D eigenvalue weighted by Gasteiger charge is 2.14. The number of benzene rings is 2. The normalized spacial score (nSPS) is 10.2. The Kier molecular flexibility index (Phi) is 2.83. The van der Waals surface area contributed by atoms with Crippen LogP contribution in [0, 0.1) is 6.92 Å². The summed E-state index contributed by atoms with van der Waals surface area (Å²) in [5, 5.41) is 18.6. The van der Waals surface area contributed by atoms with E-state index in [0.29, 0.717) is 16.7 Å². The lowest BCUT2D eigenvalue weighted by molar-refractivity contribution is 0.0697. The lowest BCUT2D eigenvalue weighted by atomic mass is 9.96. The van der Waals surface area contributed by atoms with Gasteiger partial charge in [-0.2, -0.15) is 0 Å². The Morgan fingerprint density at radius 1 is 1.12 bits per heavy atom. The van der Waals surface area contributed by atoms with Gasteiger partial charge in [-0.3, -0.25) is 0 Å². The zero-order valence-corrected chi connectivity index (χ0v) is 9.34. The number of phenolic OH excluding ortho intramolecular Hbond substituents is 1. The molecule has 86 valence electrons. The Hall–Kier alpha value is -2.29. The summed E-state index contributed by atoms with van der Waals surface area (Å²) >= 11 is 0. The number of aryl methyl sites for hydroxylation is 1. The minimum atomic E-state index is -0.957. The predicted molar refractivity (Wildman–Crippen MR) is 65.2 cm³/mol. The maximum atomic E-state index is 11.2. The lowest BCUT2D eigenvalue weighted by Crippen LogP contribution is -2.02. The molecule has 0 atom stereocenters. The predicted octanol–water partition coefficient (Wildman–Crippen LogP) is 3.07. The quantitative estimate of drug-likeness (QED) is 0.830. The number of hydrogen-bond donors (Lipinski definition) is 2. The Bertz CT molecular complexity index is 573. The van der Waals surface area contributed by atoms with E-state index in [1.165, 1.54) is 0 Å². The Balaban J connectivity index is 2.67. The third-order valence-corrected chi connectivity index (χ3v) is 2.64. The van der Waals surface area contributed by atoms with Crippen LogP contribution in [0.1, 0.15) is 15.9 Å². The van der Waals surface area contributed by atoms with Crippen molar-refractivity contribution in [1.82, 2.24) is 0 Å². The van der Waals surface area contributed by atoms with Crippen LogP contribution in [-0.2, 0) is 0 Å².